The van der Waals surface area contributed by atoms with Gasteiger partial charge < -0.3 is 5.32 Å². The molecule has 2 aromatic carbocycles. The zero-order chi connectivity index (χ0) is 21.8. The van der Waals surface area contributed by atoms with Crippen molar-refractivity contribution in [3.05, 3.63) is 65.0 Å². The first kappa shape index (κ1) is 20.6. The fraction of sp³-hybridized carbons (Fsp3) is 0.304. The van der Waals surface area contributed by atoms with E-state index in [0.29, 0.717) is 5.69 Å². The van der Waals surface area contributed by atoms with Crippen molar-refractivity contribution in [2.75, 3.05) is 0 Å². The van der Waals surface area contributed by atoms with Crippen molar-refractivity contribution < 1.29 is 14.4 Å². The van der Waals surface area contributed by atoms with Crippen molar-refractivity contribution in [3.63, 3.8) is 0 Å². The molecule has 0 bridgehead atoms. The smallest absolute Gasteiger partial charge is 0.290 e. The number of hydrazine groups is 1. The van der Waals surface area contributed by atoms with Crippen molar-refractivity contribution in [2.45, 2.75) is 45.1 Å². The summed E-state index contributed by atoms with van der Waals surface area (Å²) in [6.45, 7) is 1.57. The number of hydrogen-bond donors (Lipinski definition) is 4. The largest absolute Gasteiger partial charge is 0.344 e. The fourth-order valence-electron chi connectivity index (χ4n) is 3.93. The lowest BCUT2D eigenvalue weighted by atomic mass is 9.96. The highest BCUT2D eigenvalue weighted by atomic mass is 16.2. The van der Waals surface area contributed by atoms with Gasteiger partial charge in [0, 0.05) is 11.3 Å². The molecule has 3 aromatic rings. The van der Waals surface area contributed by atoms with Gasteiger partial charge in [-0.25, -0.2) is 0 Å². The van der Waals surface area contributed by atoms with E-state index in [9.17, 15) is 14.4 Å². The highest BCUT2D eigenvalue weighted by Crippen LogP contribution is 2.22. The van der Waals surface area contributed by atoms with Crippen molar-refractivity contribution in [1.29, 1.82) is 0 Å². The molecule has 1 aliphatic carbocycles. The van der Waals surface area contributed by atoms with E-state index in [1.165, 1.54) is 0 Å². The molecule has 0 fully saturated rings. The number of nitrogens with zero attached hydrogens (tertiary/aromatic N) is 1. The Balaban J connectivity index is 1.30. The van der Waals surface area contributed by atoms with Gasteiger partial charge in [0.15, 0.2) is 5.69 Å². The third-order valence-corrected chi connectivity index (χ3v) is 5.57. The number of rotatable bonds is 5. The highest BCUT2D eigenvalue weighted by Gasteiger charge is 2.23. The minimum Gasteiger partial charge on any atom is -0.344 e. The predicted molar refractivity (Wildman–Crippen MR) is 116 cm³/mol. The number of amides is 3. The van der Waals surface area contributed by atoms with Crippen LogP contribution in [0, 0.1) is 0 Å². The van der Waals surface area contributed by atoms with Crippen LogP contribution in [0.1, 0.15) is 47.1 Å². The lowest BCUT2D eigenvalue weighted by Crippen LogP contribution is -2.51. The van der Waals surface area contributed by atoms with Gasteiger partial charge >= 0.3 is 0 Å². The quantitative estimate of drug-likeness (QED) is 0.473. The Morgan fingerprint density at radius 2 is 1.81 bits per heavy atom. The molecule has 1 atom stereocenters. The third kappa shape index (κ3) is 4.58. The van der Waals surface area contributed by atoms with E-state index in [0.717, 1.165) is 53.3 Å². The molecule has 0 aliphatic heterocycles. The molecule has 1 aliphatic rings. The summed E-state index contributed by atoms with van der Waals surface area (Å²) < 4.78 is 0. The van der Waals surface area contributed by atoms with Crippen LogP contribution in [-0.4, -0.2) is 34.0 Å². The van der Waals surface area contributed by atoms with E-state index in [2.05, 4.69) is 26.4 Å². The minimum absolute atomic E-state index is 0.157. The Morgan fingerprint density at radius 3 is 2.68 bits per heavy atom. The van der Waals surface area contributed by atoms with Crippen molar-refractivity contribution in [3.8, 4) is 0 Å². The van der Waals surface area contributed by atoms with Gasteiger partial charge in [-0.15, -0.1) is 0 Å². The van der Waals surface area contributed by atoms with Gasteiger partial charge in [-0.05, 0) is 48.9 Å². The van der Waals surface area contributed by atoms with Crippen LogP contribution in [0.25, 0.3) is 10.8 Å². The van der Waals surface area contributed by atoms with Gasteiger partial charge in [0.25, 0.3) is 11.8 Å². The summed E-state index contributed by atoms with van der Waals surface area (Å²) >= 11 is 0. The van der Waals surface area contributed by atoms with Crippen LogP contribution in [0.3, 0.4) is 0 Å². The maximum atomic E-state index is 12.5. The van der Waals surface area contributed by atoms with Crippen LogP contribution in [-0.2, 0) is 28.9 Å². The molecule has 8 nitrogen and oxygen atoms in total. The second kappa shape index (κ2) is 8.99. The first-order valence-corrected chi connectivity index (χ1v) is 10.4. The molecular formula is C23H25N5O3. The number of carbonyl (C=O) groups excluding carboxylic acids is 3. The van der Waals surface area contributed by atoms with Crippen LogP contribution in [0.15, 0.2) is 42.5 Å². The molecule has 0 radical (unpaired) electrons. The van der Waals surface area contributed by atoms with E-state index in [1.807, 2.05) is 42.5 Å². The van der Waals surface area contributed by atoms with E-state index in [4.69, 9.17) is 0 Å². The van der Waals surface area contributed by atoms with E-state index in [-0.39, 0.29) is 12.3 Å². The number of benzene rings is 2. The molecule has 1 aromatic heterocycles. The standard InChI is InChI=1S/C23H25N5O3/c1-14(24-20(29)13-16-9-6-8-15-7-2-3-10-17(15)16)22(30)27-28-23(31)21-18-11-4-5-12-19(18)25-26-21/h2-3,6-10,14H,4-5,11-13H2,1H3,(H,24,29)(H,25,26)(H,27,30)(H,28,31)/t14-/m1/s1. The van der Waals surface area contributed by atoms with Crippen molar-refractivity contribution >= 4 is 28.5 Å². The number of aryl methyl sites for hydroxylation is 1. The maximum absolute atomic E-state index is 12.5. The Hall–Kier alpha value is -3.68. The summed E-state index contributed by atoms with van der Waals surface area (Å²) in [5, 5.41) is 11.7. The lowest BCUT2D eigenvalue weighted by molar-refractivity contribution is -0.128. The SMILES string of the molecule is C[C@@H](NC(=O)Cc1cccc2ccccc12)C(=O)NNC(=O)c1n[nH]c2c1CCCC2. The van der Waals surface area contributed by atoms with E-state index in [1.54, 1.807) is 6.92 Å². The number of hydrogen-bond acceptors (Lipinski definition) is 4. The second-order valence-electron chi connectivity index (χ2n) is 7.78. The predicted octanol–water partition coefficient (Wildman–Crippen LogP) is 1.95. The minimum atomic E-state index is -0.809. The molecule has 31 heavy (non-hydrogen) atoms. The number of aromatic amines is 1. The zero-order valence-corrected chi connectivity index (χ0v) is 17.3. The van der Waals surface area contributed by atoms with Crippen LogP contribution < -0.4 is 16.2 Å². The summed E-state index contributed by atoms with van der Waals surface area (Å²) in [5.41, 5.74) is 7.85. The van der Waals surface area contributed by atoms with Gasteiger partial charge in [-0.3, -0.25) is 30.3 Å². The Kier molecular flexibility index (Phi) is 5.97. The number of aromatic nitrogens is 2. The van der Waals surface area contributed by atoms with Gasteiger partial charge in [0.05, 0.1) is 6.42 Å². The molecule has 0 saturated carbocycles. The number of carbonyl (C=O) groups is 3. The Labute approximate surface area is 179 Å². The summed E-state index contributed by atoms with van der Waals surface area (Å²) in [5.74, 6) is -1.25. The van der Waals surface area contributed by atoms with Crippen LogP contribution in [0.2, 0.25) is 0 Å². The topological polar surface area (TPSA) is 116 Å². The molecule has 8 heteroatoms. The van der Waals surface area contributed by atoms with Gasteiger partial charge in [0.2, 0.25) is 5.91 Å². The van der Waals surface area contributed by atoms with Crippen LogP contribution in [0.5, 0.6) is 0 Å². The van der Waals surface area contributed by atoms with E-state index >= 15 is 0 Å². The second-order valence-corrected chi connectivity index (χ2v) is 7.78. The van der Waals surface area contributed by atoms with Crippen LogP contribution >= 0.6 is 0 Å². The summed E-state index contributed by atoms with van der Waals surface area (Å²) in [4.78, 5) is 37.2. The lowest BCUT2D eigenvalue weighted by Gasteiger charge is -2.15. The van der Waals surface area contributed by atoms with Gasteiger partial charge in [0.1, 0.15) is 6.04 Å². The number of nitrogens with one attached hydrogen (secondary N) is 4. The van der Waals surface area contributed by atoms with Crippen molar-refractivity contribution in [2.24, 2.45) is 0 Å². The average Bonchev–Trinajstić information content (AvgIpc) is 3.21. The molecule has 1 heterocycles. The van der Waals surface area contributed by atoms with E-state index < -0.39 is 17.9 Å². The first-order valence-electron chi connectivity index (χ1n) is 10.4. The monoisotopic (exact) mass is 419 g/mol. The highest BCUT2D eigenvalue weighted by molar-refractivity contribution is 5.96. The zero-order valence-electron chi connectivity index (χ0n) is 17.3. The molecule has 3 amide bonds. The summed E-state index contributed by atoms with van der Waals surface area (Å²) in [6, 6.07) is 12.8. The molecule has 4 rings (SSSR count). The first-order chi connectivity index (χ1) is 15.0. The Bertz CT molecular complexity index is 1130. The number of fused-ring (bicyclic) bond motifs is 2. The third-order valence-electron chi connectivity index (χ3n) is 5.57. The fourth-order valence-corrected chi connectivity index (χ4v) is 3.93. The molecular weight excluding hydrogens is 394 g/mol. The normalized spacial score (nSPS) is 13.8. The number of H-pyrrole nitrogens is 1. The molecule has 0 unspecified atom stereocenters. The molecule has 4 N–H and O–H groups in total. The molecule has 0 spiro atoms. The van der Waals surface area contributed by atoms with Crippen LogP contribution in [0.4, 0.5) is 0 Å². The average molecular weight is 419 g/mol. The summed E-state index contributed by atoms with van der Waals surface area (Å²) in [6.07, 6.45) is 3.91. The van der Waals surface area contributed by atoms with Crippen molar-refractivity contribution in [1.82, 2.24) is 26.4 Å². The molecule has 160 valence electrons. The summed E-state index contributed by atoms with van der Waals surface area (Å²) in [7, 11) is 0. The maximum Gasteiger partial charge on any atom is 0.290 e. The Morgan fingerprint density at radius 1 is 1.03 bits per heavy atom. The van der Waals surface area contributed by atoms with Gasteiger partial charge in [-0.1, -0.05) is 42.5 Å². The van der Waals surface area contributed by atoms with Gasteiger partial charge in [-0.2, -0.15) is 5.10 Å². The molecule has 0 saturated heterocycles.